The number of aromatic nitrogens is 4. The Bertz CT molecular complexity index is 1500. The van der Waals surface area contributed by atoms with Gasteiger partial charge >= 0.3 is 12.2 Å². The lowest BCUT2D eigenvalue weighted by molar-refractivity contribution is -0.138. The van der Waals surface area contributed by atoms with Crippen LogP contribution in [0.2, 0.25) is 0 Å². The molecule has 0 bridgehead atoms. The van der Waals surface area contributed by atoms with Gasteiger partial charge in [0.25, 0.3) is 0 Å². The summed E-state index contributed by atoms with van der Waals surface area (Å²) in [6, 6.07) is 10.2. The fourth-order valence-electron chi connectivity index (χ4n) is 4.91. The number of amides is 2. The molecule has 1 saturated heterocycles. The Hall–Kier alpha value is -4.23. The van der Waals surface area contributed by atoms with Crippen molar-refractivity contribution in [3.63, 3.8) is 0 Å². The number of imidazole rings is 1. The second-order valence-electron chi connectivity index (χ2n) is 10.0. The quantitative estimate of drug-likeness (QED) is 0.284. The molecule has 5 rings (SSSR count). The number of carbonyl (C=O) groups is 1. The molecule has 216 valence electrons. The van der Waals surface area contributed by atoms with Crippen LogP contribution in [0.5, 0.6) is 0 Å². The van der Waals surface area contributed by atoms with Gasteiger partial charge in [-0.2, -0.15) is 13.2 Å². The molecule has 41 heavy (non-hydrogen) atoms. The predicted molar refractivity (Wildman–Crippen MR) is 153 cm³/mol. The van der Waals surface area contributed by atoms with Gasteiger partial charge in [0.2, 0.25) is 0 Å². The third-order valence-corrected chi connectivity index (χ3v) is 7.16. The molecule has 1 fully saturated rings. The molecular weight excluding hydrogens is 535 g/mol. The lowest BCUT2D eigenvalue weighted by Gasteiger charge is -2.32. The van der Waals surface area contributed by atoms with Crippen molar-refractivity contribution < 1.29 is 18.0 Å². The molecule has 3 N–H and O–H groups in total. The molecule has 3 heterocycles. The summed E-state index contributed by atoms with van der Waals surface area (Å²) in [6.45, 7) is 4.55. The van der Waals surface area contributed by atoms with Gasteiger partial charge in [-0.15, -0.1) is 0 Å². The zero-order valence-electron chi connectivity index (χ0n) is 22.9. The summed E-state index contributed by atoms with van der Waals surface area (Å²) in [5, 5.41) is 8.16. The SMILES string of the molecule is CNc1ncnc2c1ncn2-c1ccc(NC(=O)Nc2ccc(CCCN3CCN(C)CC3)c(C(F)(F)F)c2)cc1. The molecule has 1 aliphatic heterocycles. The smallest absolute Gasteiger partial charge is 0.371 e. The average molecular weight is 568 g/mol. The fraction of sp³-hybridized carbons (Fsp3) is 0.357. The number of rotatable bonds is 8. The summed E-state index contributed by atoms with van der Waals surface area (Å²) in [6.07, 6.45) is -0.506. The van der Waals surface area contributed by atoms with Gasteiger partial charge in [-0.1, -0.05) is 6.07 Å². The number of hydrogen-bond acceptors (Lipinski definition) is 7. The maximum absolute atomic E-state index is 13.9. The van der Waals surface area contributed by atoms with Gasteiger partial charge in [0.15, 0.2) is 17.0 Å². The maximum atomic E-state index is 13.9. The summed E-state index contributed by atoms with van der Waals surface area (Å²) in [4.78, 5) is 30.0. The van der Waals surface area contributed by atoms with Gasteiger partial charge < -0.3 is 25.8 Å². The number of carbonyl (C=O) groups excluding carboxylic acids is 1. The summed E-state index contributed by atoms with van der Waals surface area (Å²) < 4.78 is 43.4. The van der Waals surface area contributed by atoms with Crippen molar-refractivity contribution >= 4 is 34.4 Å². The van der Waals surface area contributed by atoms with E-state index in [1.165, 1.54) is 18.5 Å². The Labute approximate surface area is 235 Å². The van der Waals surface area contributed by atoms with Crippen LogP contribution in [0.4, 0.5) is 35.2 Å². The number of hydrogen-bond donors (Lipinski definition) is 3. The van der Waals surface area contributed by atoms with E-state index in [4.69, 9.17) is 0 Å². The molecule has 0 aliphatic carbocycles. The van der Waals surface area contributed by atoms with Crippen LogP contribution in [0.25, 0.3) is 16.9 Å². The van der Waals surface area contributed by atoms with E-state index >= 15 is 0 Å². The van der Waals surface area contributed by atoms with E-state index in [0.717, 1.165) is 44.5 Å². The van der Waals surface area contributed by atoms with Gasteiger partial charge in [0.05, 0.1) is 5.56 Å². The van der Waals surface area contributed by atoms with Crippen molar-refractivity contribution in [3.05, 3.63) is 66.2 Å². The molecule has 1 aliphatic rings. The molecule has 13 heteroatoms. The summed E-state index contributed by atoms with van der Waals surface area (Å²) in [5.74, 6) is 0.607. The summed E-state index contributed by atoms with van der Waals surface area (Å²) in [5.41, 5.74) is 2.04. The Kier molecular flexibility index (Phi) is 8.36. The highest BCUT2D eigenvalue weighted by molar-refractivity contribution is 5.99. The number of likely N-dealkylation sites (N-methyl/N-ethyl adjacent to an activating group) is 1. The molecule has 2 aromatic heterocycles. The predicted octanol–water partition coefficient (Wildman–Crippen LogP) is 4.70. The molecule has 2 amide bonds. The van der Waals surface area contributed by atoms with Gasteiger partial charge in [-0.25, -0.2) is 19.7 Å². The van der Waals surface area contributed by atoms with Crippen molar-refractivity contribution in [2.45, 2.75) is 19.0 Å². The van der Waals surface area contributed by atoms with Crippen LogP contribution in [0, 0.1) is 0 Å². The van der Waals surface area contributed by atoms with Crippen LogP contribution in [-0.2, 0) is 12.6 Å². The van der Waals surface area contributed by atoms with Crippen LogP contribution < -0.4 is 16.0 Å². The highest BCUT2D eigenvalue weighted by atomic mass is 19.4. The molecule has 2 aromatic carbocycles. The van der Waals surface area contributed by atoms with Gasteiger partial charge in [-0.3, -0.25) is 4.57 Å². The van der Waals surface area contributed by atoms with Crippen molar-refractivity contribution in [1.29, 1.82) is 0 Å². The molecular formula is C28H32F3N9O. The normalized spacial score (nSPS) is 14.8. The number of alkyl halides is 3. The highest BCUT2D eigenvalue weighted by Crippen LogP contribution is 2.34. The van der Waals surface area contributed by atoms with Crippen LogP contribution in [0.3, 0.4) is 0 Å². The zero-order valence-corrected chi connectivity index (χ0v) is 22.9. The molecule has 0 radical (unpaired) electrons. The Balaban J connectivity index is 1.21. The van der Waals surface area contributed by atoms with Gasteiger partial charge in [0, 0.05) is 50.3 Å². The lowest BCUT2D eigenvalue weighted by atomic mass is 10.0. The zero-order chi connectivity index (χ0) is 29.0. The standard InChI is InChI=1S/C28H32F3N9O/c1-32-25-24-26(34-17-33-25)40(18-35-24)22-9-7-20(8-10-22)36-27(41)37-21-6-5-19(23(16-21)28(29,30)31)4-3-11-39-14-12-38(2)13-15-39/h5-10,16-18H,3-4,11-15H2,1-2H3,(H,32,33,34)(H2,36,37,41). The van der Waals surface area contributed by atoms with Gasteiger partial charge in [-0.05, 0) is 68.4 Å². The number of anilines is 3. The molecule has 10 nitrogen and oxygen atoms in total. The minimum absolute atomic E-state index is 0.0687. The number of nitrogens with one attached hydrogen (secondary N) is 3. The van der Waals surface area contributed by atoms with Crippen molar-refractivity contribution in [1.82, 2.24) is 29.3 Å². The second kappa shape index (κ2) is 12.1. The van der Waals surface area contributed by atoms with E-state index in [2.05, 4.69) is 47.7 Å². The Morgan fingerprint density at radius 2 is 1.66 bits per heavy atom. The third kappa shape index (κ3) is 6.74. The minimum Gasteiger partial charge on any atom is -0.371 e. The molecule has 0 atom stereocenters. The lowest BCUT2D eigenvalue weighted by Crippen LogP contribution is -2.44. The first-order chi connectivity index (χ1) is 19.7. The van der Waals surface area contributed by atoms with E-state index in [1.807, 2.05) is 0 Å². The maximum Gasteiger partial charge on any atom is 0.416 e. The number of benzene rings is 2. The fourth-order valence-corrected chi connectivity index (χ4v) is 4.91. The van der Waals surface area contributed by atoms with E-state index in [1.54, 1.807) is 42.2 Å². The van der Waals surface area contributed by atoms with E-state index in [0.29, 0.717) is 35.5 Å². The number of nitrogens with zero attached hydrogens (tertiary/aromatic N) is 6. The molecule has 0 unspecified atom stereocenters. The minimum atomic E-state index is -4.52. The molecule has 0 saturated carbocycles. The van der Waals surface area contributed by atoms with Crippen LogP contribution in [0.15, 0.2) is 55.1 Å². The van der Waals surface area contributed by atoms with Crippen molar-refractivity contribution in [2.75, 3.05) is 62.8 Å². The molecule has 4 aromatic rings. The highest BCUT2D eigenvalue weighted by Gasteiger charge is 2.33. The summed E-state index contributed by atoms with van der Waals surface area (Å²) in [7, 11) is 3.82. The topological polar surface area (TPSA) is 103 Å². The van der Waals surface area contributed by atoms with Crippen molar-refractivity contribution in [3.8, 4) is 5.69 Å². The first kappa shape index (κ1) is 28.3. The number of halogens is 3. The van der Waals surface area contributed by atoms with E-state index in [9.17, 15) is 18.0 Å². The largest absolute Gasteiger partial charge is 0.416 e. The van der Waals surface area contributed by atoms with Crippen LogP contribution in [-0.4, -0.2) is 82.2 Å². The van der Waals surface area contributed by atoms with E-state index in [-0.39, 0.29) is 11.3 Å². The Morgan fingerprint density at radius 3 is 2.37 bits per heavy atom. The first-order valence-electron chi connectivity index (χ1n) is 13.4. The Morgan fingerprint density at radius 1 is 0.951 bits per heavy atom. The summed E-state index contributed by atoms with van der Waals surface area (Å²) >= 11 is 0. The number of urea groups is 1. The van der Waals surface area contributed by atoms with Gasteiger partial charge in [0.1, 0.15) is 12.7 Å². The second-order valence-corrected chi connectivity index (χ2v) is 10.0. The number of aryl methyl sites for hydroxylation is 1. The molecule has 0 spiro atoms. The van der Waals surface area contributed by atoms with Crippen LogP contribution in [0.1, 0.15) is 17.5 Å². The van der Waals surface area contributed by atoms with Crippen LogP contribution >= 0.6 is 0 Å². The monoisotopic (exact) mass is 567 g/mol. The van der Waals surface area contributed by atoms with Crippen molar-refractivity contribution in [2.24, 2.45) is 0 Å². The number of piperazine rings is 1. The van der Waals surface area contributed by atoms with E-state index < -0.39 is 17.8 Å². The average Bonchev–Trinajstić information content (AvgIpc) is 3.39. The third-order valence-electron chi connectivity index (χ3n) is 7.16. The number of fused-ring (bicyclic) bond motifs is 1. The first-order valence-corrected chi connectivity index (χ1v) is 13.4.